The quantitative estimate of drug-likeness (QED) is 0.507. The molecule has 0 aromatic heterocycles. The summed E-state index contributed by atoms with van der Waals surface area (Å²) in [4.78, 5) is 32.2. The second-order valence-corrected chi connectivity index (χ2v) is 7.63. The Balaban J connectivity index is 2.04. The number of piperazine rings is 1. The lowest BCUT2D eigenvalue weighted by atomic mass is 9.94. The number of hydrogen-bond donors (Lipinski definition) is 1. The van der Waals surface area contributed by atoms with Crippen LogP contribution in [0.5, 0.6) is 0 Å². The molecular formula is C23H31FN4O3. The monoisotopic (exact) mass is 430 g/mol. The molecule has 168 valence electrons. The van der Waals surface area contributed by atoms with E-state index in [9.17, 15) is 14.0 Å². The molecule has 0 unspecified atom stereocenters. The number of urea groups is 1. The number of benzene rings is 1. The minimum Gasteiger partial charge on any atom is -0.463 e. The van der Waals surface area contributed by atoms with Crippen LogP contribution in [0.3, 0.4) is 0 Å². The zero-order valence-electron chi connectivity index (χ0n) is 18.3. The van der Waals surface area contributed by atoms with E-state index in [-0.39, 0.29) is 19.2 Å². The minimum absolute atomic E-state index is 0.204. The van der Waals surface area contributed by atoms with E-state index >= 15 is 0 Å². The summed E-state index contributed by atoms with van der Waals surface area (Å²) in [5.74, 6) is -0.936. The number of halogens is 1. The van der Waals surface area contributed by atoms with Crippen molar-refractivity contribution < 1.29 is 18.7 Å². The van der Waals surface area contributed by atoms with Gasteiger partial charge in [0.05, 0.1) is 18.2 Å². The van der Waals surface area contributed by atoms with Gasteiger partial charge in [-0.25, -0.2) is 14.0 Å². The van der Waals surface area contributed by atoms with Crippen LogP contribution in [0, 0.1) is 5.82 Å². The third-order valence-electron chi connectivity index (χ3n) is 5.71. The fraction of sp³-hybridized carbons (Fsp3) is 0.478. The second-order valence-electron chi connectivity index (χ2n) is 7.63. The number of carbonyl (C=O) groups is 2. The number of carbonyl (C=O) groups excluding carboxylic acids is 2. The molecule has 2 amide bonds. The summed E-state index contributed by atoms with van der Waals surface area (Å²) in [5, 5.41) is 2.85. The molecule has 0 saturated carbocycles. The van der Waals surface area contributed by atoms with Gasteiger partial charge in [0, 0.05) is 45.0 Å². The van der Waals surface area contributed by atoms with Crippen molar-refractivity contribution in [2.75, 3.05) is 52.4 Å². The zero-order valence-corrected chi connectivity index (χ0v) is 18.3. The second kappa shape index (κ2) is 10.5. The van der Waals surface area contributed by atoms with Gasteiger partial charge in [0.15, 0.2) is 0 Å². The van der Waals surface area contributed by atoms with Gasteiger partial charge in [-0.05, 0) is 31.2 Å². The number of hydrogen-bond acceptors (Lipinski definition) is 5. The van der Waals surface area contributed by atoms with Crippen molar-refractivity contribution in [3.63, 3.8) is 0 Å². The molecule has 0 radical (unpaired) electrons. The number of esters is 1. The van der Waals surface area contributed by atoms with Crippen LogP contribution in [-0.2, 0) is 9.53 Å². The highest BCUT2D eigenvalue weighted by Gasteiger charge is 2.38. The van der Waals surface area contributed by atoms with Crippen molar-refractivity contribution in [3.8, 4) is 0 Å². The molecule has 1 aromatic rings. The fourth-order valence-electron chi connectivity index (χ4n) is 4.06. The Morgan fingerprint density at radius 2 is 1.97 bits per heavy atom. The topological polar surface area (TPSA) is 65.1 Å². The molecule has 1 saturated heterocycles. The first-order chi connectivity index (χ1) is 15.0. The number of nitrogens with zero attached hydrogens (tertiary/aromatic N) is 3. The third kappa shape index (κ3) is 5.32. The molecule has 2 heterocycles. The Hall–Kier alpha value is -2.71. The lowest BCUT2D eigenvalue weighted by Gasteiger charge is -2.40. The normalized spacial score (nSPS) is 20.5. The van der Waals surface area contributed by atoms with Gasteiger partial charge in [-0.1, -0.05) is 25.1 Å². The highest BCUT2D eigenvalue weighted by atomic mass is 19.1. The van der Waals surface area contributed by atoms with E-state index in [1.54, 1.807) is 25.1 Å². The summed E-state index contributed by atoms with van der Waals surface area (Å²) in [6.07, 6.45) is 1.62. The van der Waals surface area contributed by atoms with E-state index in [1.165, 1.54) is 17.0 Å². The first kappa shape index (κ1) is 23.0. The third-order valence-corrected chi connectivity index (χ3v) is 5.71. The van der Waals surface area contributed by atoms with E-state index in [2.05, 4.69) is 28.6 Å². The number of nitrogens with one attached hydrogen (secondary N) is 1. The van der Waals surface area contributed by atoms with E-state index in [1.807, 2.05) is 0 Å². The Labute approximate surface area is 183 Å². The van der Waals surface area contributed by atoms with Gasteiger partial charge in [0.25, 0.3) is 0 Å². The first-order valence-corrected chi connectivity index (χ1v) is 10.8. The molecule has 3 rings (SSSR count). The van der Waals surface area contributed by atoms with Gasteiger partial charge in [-0.2, -0.15) is 0 Å². The first-order valence-electron chi connectivity index (χ1n) is 10.8. The van der Waals surface area contributed by atoms with E-state index in [0.29, 0.717) is 23.4 Å². The lowest BCUT2D eigenvalue weighted by Crippen LogP contribution is -2.53. The Morgan fingerprint density at radius 3 is 2.58 bits per heavy atom. The van der Waals surface area contributed by atoms with E-state index in [4.69, 9.17) is 4.74 Å². The van der Waals surface area contributed by atoms with Gasteiger partial charge < -0.3 is 15.0 Å². The van der Waals surface area contributed by atoms with Gasteiger partial charge in [0.2, 0.25) is 0 Å². The maximum absolute atomic E-state index is 14.0. The van der Waals surface area contributed by atoms with Crippen LogP contribution in [0.1, 0.15) is 25.5 Å². The highest BCUT2D eigenvalue weighted by Crippen LogP contribution is 2.32. The van der Waals surface area contributed by atoms with Crippen molar-refractivity contribution in [1.82, 2.24) is 20.0 Å². The van der Waals surface area contributed by atoms with Gasteiger partial charge >= 0.3 is 12.0 Å². The molecule has 31 heavy (non-hydrogen) atoms. The van der Waals surface area contributed by atoms with Crippen LogP contribution < -0.4 is 5.32 Å². The van der Waals surface area contributed by atoms with Crippen molar-refractivity contribution in [2.24, 2.45) is 0 Å². The van der Waals surface area contributed by atoms with Crippen LogP contribution in [0.4, 0.5) is 9.18 Å². The summed E-state index contributed by atoms with van der Waals surface area (Å²) < 4.78 is 19.3. The average molecular weight is 431 g/mol. The average Bonchev–Trinajstić information content (AvgIpc) is 2.76. The maximum Gasteiger partial charge on any atom is 0.338 e. The molecule has 1 N–H and O–H groups in total. The molecule has 8 heteroatoms. The molecule has 0 aliphatic carbocycles. The lowest BCUT2D eigenvalue weighted by molar-refractivity contribution is -0.139. The number of amides is 2. The standard InChI is InChI=1S/C23H31FN4O3/c1-4-10-28-19(16-27-13-11-26(5-2)12-14-27)20(22(29)31-6-3)21(25-23(28)30)17-8-7-9-18(24)15-17/h4,7-9,15,21H,1,5-6,10-14,16H2,2-3H3,(H,25,30)/t21-/m0/s1. The highest BCUT2D eigenvalue weighted by molar-refractivity contribution is 5.95. The number of likely N-dealkylation sites (N-methyl/N-ethyl adjacent to an activating group) is 1. The fourth-order valence-corrected chi connectivity index (χ4v) is 4.06. The van der Waals surface area contributed by atoms with E-state index in [0.717, 1.165) is 32.7 Å². The number of ether oxygens (including phenoxy) is 1. The van der Waals surface area contributed by atoms with Gasteiger partial charge in [-0.3, -0.25) is 9.80 Å². The molecule has 1 fully saturated rings. The predicted molar refractivity (Wildman–Crippen MR) is 117 cm³/mol. The Morgan fingerprint density at radius 1 is 1.26 bits per heavy atom. The number of rotatable bonds is 8. The summed E-state index contributed by atoms with van der Waals surface area (Å²) >= 11 is 0. The Bertz CT molecular complexity index is 849. The summed E-state index contributed by atoms with van der Waals surface area (Å²) in [6, 6.07) is 4.82. The summed E-state index contributed by atoms with van der Waals surface area (Å²) in [7, 11) is 0. The van der Waals surface area contributed by atoms with Crippen molar-refractivity contribution in [1.29, 1.82) is 0 Å². The summed E-state index contributed by atoms with van der Waals surface area (Å²) in [5.41, 5.74) is 1.43. The van der Waals surface area contributed by atoms with Crippen molar-refractivity contribution in [3.05, 3.63) is 59.6 Å². The van der Waals surface area contributed by atoms with Crippen LogP contribution in [0.2, 0.25) is 0 Å². The molecule has 1 aromatic carbocycles. The van der Waals surface area contributed by atoms with Gasteiger partial charge in [0.1, 0.15) is 5.82 Å². The molecule has 0 bridgehead atoms. The zero-order chi connectivity index (χ0) is 22.4. The van der Waals surface area contributed by atoms with Crippen LogP contribution in [0.25, 0.3) is 0 Å². The van der Waals surface area contributed by atoms with Crippen LogP contribution in [0.15, 0.2) is 48.2 Å². The predicted octanol–water partition coefficient (Wildman–Crippen LogP) is 2.53. The smallest absolute Gasteiger partial charge is 0.338 e. The van der Waals surface area contributed by atoms with Gasteiger partial charge in [-0.15, -0.1) is 6.58 Å². The van der Waals surface area contributed by atoms with E-state index < -0.39 is 17.8 Å². The summed E-state index contributed by atoms with van der Waals surface area (Å²) in [6.45, 7) is 13.1. The Kier molecular flexibility index (Phi) is 7.81. The SMILES string of the molecule is C=CCN1C(=O)N[C@@H](c2cccc(F)c2)C(C(=O)OCC)=C1CN1CCN(CC)CC1. The minimum atomic E-state index is -0.782. The largest absolute Gasteiger partial charge is 0.463 e. The maximum atomic E-state index is 14.0. The molecular weight excluding hydrogens is 399 g/mol. The molecule has 7 nitrogen and oxygen atoms in total. The molecule has 2 aliphatic rings. The molecule has 2 aliphatic heterocycles. The van der Waals surface area contributed by atoms with Crippen LogP contribution >= 0.6 is 0 Å². The van der Waals surface area contributed by atoms with Crippen LogP contribution in [-0.4, -0.2) is 79.1 Å². The molecule has 1 atom stereocenters. The molecule has 0 spiro atoms. The van der Waals surface area contributed by atoms with Crippen molar-refractivity contribution >= 4 is 12.0 Å². The van der Waals surface area contributed by atoms with Crippen molar-refractivity contribution in [2.45, 2.75) is 19.9 Å².